The van der Waals surface area contributed by atoms with Crippen LogP contribution in [0.1, 0.15) is 5.56 Å². The van der Waals surface area contributed by atoms with E-state index in [0.717, 1.165) is 0 Å². The second-order valence-corrected chi connectivity index (χ2v) is 3.79. The van der Waals surface area contributed by atoms with Crippen LogP contribution in [0, 0.1) is 5.82 Å². The van der Waals surface area contributed by atoms with Gasteiger partial charge in [-0.3, -0.25) is 9.59 Å². The Kier molecular flexibility index (Phi) is 3.23. The molecule has 4 nitrogen and oxygen atoms in total. The molecule has 0 unspecified atom stereocenters. The van der Waals surface area contributed by atoms with Crippen molar-refractivity contribution in [2.45, 2.75) is 6.42 Å². The molecule has 0 saturated carbocycles. The van der Waals surface area contributed by atoms with Crippen LogP contribution in [-0.4, -0.2) is 16.1 Å². The number of pyridine rings is 1. The fourth-order valence-electron chi connectivity index (χ4n) is 1.75. The van der Waals surface area contributed by atoms with E-state index in [1.165, 1.54) is 24.4 Å². The predicted octanol–water partition coefficient (Wildman–Crippen LogP) is 1.81. The van der Waals surface area contributed by atoms with Crippen molar-refractivity contribution in [3.63, 3.8) is 0 Å². The minimum absolute atomic E-state index is 0.269. The van der Waals surface area contributed by atoms with Crippen LogP contribution in [0.2, 0.25) is 0 Å². The molecule has 0 fully saturated rings. The van der Waals surface area contributed by atoms with E-state index in [1.807, 2.05) is 0 Å². The Balaban J connectivity index is 2.60. The van der Waals surface area contributed by atoms with Crippen molar-refractivity contribution in [3.05, 3.63) is 58.3 Å². The van der Waals surface area contributed by atoms with Crippen molar-refractivity contribution in [2.24, 2.45) is 0 Å². The number of halogens is 1. The molecule has 2 aromatic rings. The third-order valence-electron chi connectivity index (χ3n) is 2.52. The topological polar surface area (TPSA) is 70.2 Å². The Morgan fingerprint density at radius 3 is 2.67 bits per heavy atom. The summed E-state index contributed by atoms with van der Waals surface area (Å²) in [5, 5.41) is 8.79. The lowest BCUT2D eigenvalue weighted by Crippen LogP contribution is -2.10. The summed E-state index contributed by atoms with van der Waals surface area (Å²) in [5.41, 5.74) is 0.530. The quantitative estimate of drug-likeness (QED) is 0.868. The highest BCUT2D eigenvalue weighted by atomic mass is 19.1. The number of aromatic amines is 1. The molecule has 0 aliphatic carbocycles. The smallest absolute Gasteiger partial charge is 0.307 e. The monoisotopic (exact) mass is 247 g/mol. The normalized spacial score (nSPS) is 10.3. The molecular formula is C13H10FNO3. The van der Waals surface area contributed by atoms with Crippen LogP contribution in [0.25, 0.3) is 11.1 Å². The second-order valence-electron chi connectivity index (χ2n) is 3.79. The van der Waals surface area contributed by atoms with Gasteiger partial charge >= 0.3 is 5.97 Å². The van der Waals surface area contributed by atoms with E-state index in [9.17, 15) is 14.0 Å². The first-order chi connectivity index (χ1) is 8.58. The number of carbonyl (C=O) groups is 1. The molecule has 0 amide bonds. The maximum atomic E-state index is 13.7. The molecule has 0 spiro atoms. The van der Waals surface area contributed by atoms with Gasteiger partial charge in [0.2, 0.25) is 5.56 Å². The van der Waals surface area contributed by atoms with E-state index < -0.39 is 17.3 Å². The molecule has 0 aliphatic heterocycles. The number of carboxylic acid groups (broad SMARTS) is 1. The van der Waals surface area contributed by atoms with Gasteiger partial charge in [0.15, 0.2) is 0 Å². The van der Waals surface area contributed by atoms with Crippen molar-refractivity contribution in [1.29, 1.82) is 0 Å². The number of hydrogen-bond acceptors (Lipinski definition) is 2. The van der Waals surface area contributed by atoms with E-state index in [0.29, 0.717) is 5.56 Å². The summed E-state index contributed by atoms with van der Waals surface area (Å²) in [6, 6.07) is 7.19. The van der Waals surface area contributed by atoms with E-state index in [-0.39, 0.29) is 17.5 Å². The summed E-state index contributed by atoms with van der Waals surface area (Å²) in [7, 11) is 0. The van der Waals surface area contributed by atoms with Crippen molar-refractivity contribution in [2.75, 3.05) is 0 Å². The minimum Gasteiger partial charge on any atom is -0.481 e. The number of aliphatic carboxylic acids is 1. The highest BCUT2D eigenvalue weighted by Gasteiger charge is 2.12. The van der Waals surface area contributed by atoms with E-state index >= 15 is 0 Å². The first kappa shape index (κ1) is 12.0. The Hall–Kier alpha value is -2.43. The Morgan fingerprint density at radius 1 is 1.28 bits per heavy atom. The molecule has 5 heteroatoms. The first-order valence-corrected chi connectivity index (χ1v) is 5.26. The summed E-state index contributed by atoms with van der Waals surface area (Å²) < 4.78 is 13.7. The molecule has 1 aromatic carbocycles. The summed E-state index contributed by atoms with van der Waals surface area (Å²) >= 11 is 0. The highest BCUT2D eigenvalue weighted by molar-refractivity contribution is 5.76. The average Bonchev–Trinajstić information content (AvgIpc) is 2.30. The lowest BCUT2D eigenvalue weighted by Gasteiger charge is -2.08. The number of nitrogens with one attached hydrogen (secondary N) is 1. The number of benzene rings is 1. The zero-order valence-corrected chi connectivity index (χ0v) is 9.31. The van der Waals surface area contributed by atoms with Crippen LogP contribution in [0.4, 0.5) is 4.39 Å². The molecule has 0 radical (unpaired) electrons. The van der Waals surface area contributed by atoms with Crippen LogP contribution in [0.5, 0.6) is 0 Å². The van der Waals surface area contributed by atoms with Gasteiger partial charge in [-0.2, -0.15) is 0 Å². The number of rotatable bonds is 3. The van der Waals surface area contributed by atoms with Gasteiger partial charge in [-0.1, -0.05) is 18.2 Å². The molecule has 2 N–H and O–H groups in total. The standard InChI is InChI=1S/C13H10FNO3/c14-11-4-2-1-3-9(11)10-7-15-12(16)5-8(10)6-13(17)18/h1-5,7H,6H2,(H,15,16)(H,17,18). The molecule has 2 rings (SSSR count). The van der Waals surface area contributed by atoms with E-state index in [1.54, 1.807) is 12.1 Å². The molecule has 1 aromatic heterocycles. The van der Waals surface area contributed by atoms with Crippen LogP contribution in [0.3, 0.4) is 0 Å². The number of carboxylic acids is 1. The molecule has 0 saturated heterocycles. The Bertz CT molecular complexity index is 649. The van der Waals surface area contributed by atoms with Gasteiger partial charge in [-0.25, -0.2) is 4.39 Å². The SMILES string of the molecule is O=C(O)Cc1cc(=O)[nH]cc1-c1ccccc1F. The third kappa shape index (κ3) is 2.45. The Labute approximate surface area is 102 Å². The van der Waals surface area contributed by atoms with Gasteiger partial charge < -0.3 is 10.1 Å². The van der Waals surface area contributed by atoms with Gasteiger partial charge in [0.1, 0.15) is 5.82 Å². The second kappa shape index (κ2) is 4.83. The molecule has 0 atom stereocenters. The summed E-state index contributed by atoms with van der Waals surface area (Å²) in [6.45, 7) is 0. The van der Waals surface area contributed by atoms with Crippen LogP contribution < -0.4 is 5.56 Å². The maximum absolute atomic E-state index is 13.7. The minimum atomic E-state index is -1.07. The molecule has 18 heavy (non-hydrogen) atoms. The lowest BCUT2D eigenvalue weighted by molar-refractivity contribution is -0.136. The maximum Gasteiger partial charge on any atom is 0.307 e. The van der Waals surface area contributed by atoms with Gasteiger partial charge in [0, 0.05) is 23.4 Å². The van der Waals surface area contributed by atoms with Crippen molar-refractivity contribution < 1.29 is 14.3 Å². The van der Waals surface area contributed by atoms with Crippen molar-refractivity contribution in [1.82, 2.24) is 4.98 Å². The van der Waals surface area contributed by atoms with Gasteiger partial charge in [0.25, 0.3) is 0 Å². The van der Waals surface area contributed by atoms with Crippen LogP contribution in [0.15, 0.2) is 41.3 Å². The zero-order chi connectivity index (χ0) is 13.1. The zero-order valence-electron chi connectivity index (χ0n) is 9.31. The van der Waals surface area contributed by atoms with E-state index in [2.05, 4.69) is 4.98 Å². The Morgan fingerprint density at radius 2 is 2.00 bits per heavy atom. The van der Waals surface area contributed by atoms with Crippen LogP contribution >= 0.6 is 0 Å². The molecular weight excluding hydrogens is 237 g/mol. The molecule has 0 bridgehead atoms. The fraction of sp³-hybridized carbons (Fsp3) is 0.0769. The highest BCUT2D eigenvalue weighted by Crippen LogP contribution is 2.24. The number of hydrogen-bond donors (Lipinski definition) is 2. The largest absolute Gasteiger partial charge is 0.481 e. The van der Waals surface area contributed by atoms with Crippen molar-refractivity contribution >= 4 is 5.97 Å². The number of aromatic nitrogens is 1. The van der Waals surface area contributed by atoms with Crippen molar-refractivity contribution in [3.8, 4) is 11.1 Å². The lowest BCUT2D eigenvalue weighted by atomic mass is 9.99. The third-order valence-corrected chi connectivity index (χ3v) is 2.52. The van der Waals surface area contributed by atoms with Crippen LogP contribution in [-0.2, 0) is 11.2 Å². The summed E-state index contributed by atoms with van der Waals surface area (Å²) in [6.07, 6.45) is 1.01. The molecule has 92 valence electrons. The summed E-state index contributed by atoms with van der Waals surface area (Å²) in [5.74, 6) is -1.53. The van der Waals surface area contributed by atoms with E-state index in [4.69, 9.17) is 5.11 Å². The van der Waals surface area contributed by atoms with Gasteiger partial charge in [0.05, 0.1) is 6.42 Å². The fourth-order valence-corrected chi connectivity index (χ4v) is 1.75. The molecule has 0 aliphatic rings. The number of H-pyrrole nitrogens is 1. The molecule has 1 heterocycles. The average molecular weight is 247 g/mol. The van der Waals surface area contributed by atoms with Gasteiger partial charge in [-0.05, 0) is 11.6 Å². The summed E-state index contributed by atoms with van der Waals surface area (Å²) in [4.78, 5) is 24.4. The van der Waals surface area contributed by atoms with Gasteiger partial charge in [-0.15, -0.1) is 0 Å². The predicted molar refractivity (Wildman–Crippen MR) is 63.8 cm³/mol. The first-order valence-electron chi connectivity index (χ1n) is 5.26.